The zero-order valence-corrected chi connectivity index (χ0v) is 20.2. The third-order valence-electron chi connectivity index (χ3n) is 5.61. The summed E-state index contributed by atoms with van der Waals surface area (Å²) in [6.45, 7) is 9.14. The van der Waals surface area contributed by atoms with E-state index in [0.717, 1.165) is 63.7 Å². The maximum absolute atomic E-state index is 11.0. The van der Waals surface area contributed by atoms with Crippen molar-refractivity contribution in [3.05, 3.63) is 59.2 Å². The molecule has 4 aromatic rings. The highest BCUT2D eigenvalue weighted by molar-refractivity contribution is 5.85. The summed E-state index contributed by atoms with van der Waals surface area (Å²) in [6.07, 6.45) is 4.93. The van der Waals surface area contributed by atoms with E-state index < -0.39 is 5.97 Å². The zero-order chi connectivity index (χ0) is 24.3. The molecule has 0 spiro atoms. The third-order valence-corrected chi connectivity index (χ3v) is 5.61. The number of carbonyl (C=O) groups is 1. The number of benzene rings is 2. The first-order chi connectivity index (χ1) is 16.2. The molecular formula is C27H31N3O4. The van der Waals surface area contributed by atoms with Gasteiger partial charge in [-0.25, -0.2) is 9.97 Å². The van der Waals surface area contributed by atoms with Crippen molar-refractivity contribution in [1.82, 2.24) is 15.1 Å². The van der Waals surface area contributed by atoms with Gasteiger partial charge in [-0.15, -0.1) is 0 Å². The topological polar surface area (TPSA) is 98.3 Å². The molecule has 2 aromatic carbocycles. The second-order valence-corrected chi connectivity index (χ2v) is 9.88. The fourth-order valence-electron chi connectivity index (χ4n) is 4.11. The lowest BCUT2D eigenvalue weighted by atomic mass is 9.89. The number of aryl methyl sites for hydroxylation is 1. The Kier molecular flexibility index (Phi) is 6.82. The Hall–Kier alpha value is -3.48. The van der Waals surface area contributed by atoms with Crippen molar-refractivity contribution in [3.63, 3.8) is 0 Å². The minimum Gasteiger partial charge on any atom is -0.493 e. The van der Waals surface area contributed by atoms with E-state index in [-0.39, 0.29) is 11.8 Å². The normalized spacial score (nSPS) is 11.9. The van der Waals surface area contributed by atoms with Crippen molar-refractivity contribution in [2.75, 3.05) is 6.61 Å². The number of hydrogen-bond acceptors (Lipinski definition) is 6. The summed E-state index contributed by atoms with van der Waals surface area (Å²) in [7, 11) is 0. The van der Waals surface area contributed by atoms with Crippen molar-refractivity contribution in [3.8, 4) is 5.75 Å². The molecule has 0 amide bonds. The molecule has 4 rings (SSSR count). The van der Waals surface area contributed by atoms with E-state index >= 15 is 0 Å². The molecule has 0 unspecified atom stereocenters. The van der Waals surface area contributed by atoms with Crippen LogP contribution in [0.25, 0.3) is 21.9 Å². The summed E-state index contributed by atoms with van der Waals surface area (Å²) in [5, 5.41) is 15.3. The smallest absolute Gasteiger partial charge is 0.307 e. The zero-order valence-electron chi connectivity index (χ0n) is 20.2. The minimum atomic E-state index is -0.862. The van der Waals surface area contributed by atoms with Crippen LogP contribution in [0.15, 0.2) is 41.1 Å². The summed E-state index contributed by atoms with van der Waals surface area (Å²) >= 11 is 0. The molecule has 0 fully saturated rings. The van der Waals surface area contributed by atoms with Crippen LogP contribution in [-0.4, -0.2) is 32.8 Å². The lowest BCUT2D eigenvalue weighted by molar-refractivity contribution is -0.136. The number of carboxylic acid groups (broad SMARTS) is 1. The fourth-order valence-corrected chi connectivity index (χ4v) is 4.11. The molecule has 0 radical (unpaired) electrons. The highest BCUT2D eigenvalue weighted by atomic mass is 16.5. The summed E-state index contributed by atoms with van der Waals surface area (Å²) < 4.78 is 11.9. The van der Waals surface area contributed by atoms with Crippen LogP contribution in [0.3, 0.4) is 0 Å². The largest absolute Gasteiger partial charge is 0.493 e. The van der Waals surface area contributed by atoms with Crippen LogP contribution in [0.1, 0.15) is 56.8 Å². The third kappa shape index (κ3) is 5.53. The van der Waals surface area contributed by atoms with Gasteiger partial charge in [-0.1, -0.05) is 51.4 Å². The van der Waals surface area contributed by atoms with Crippen LogP contribution in [0, 0.1) is 5.41 Å². The highest BCUT2D eigenvalue weighted by Gasteiger charge is 2.20. The summed E-state index contributed by atoms with van der Waals surface area (Å²) in [5.74, 6) is 0.599. The lowest BCUT2D eigenvalue weighted by Gasteiger charge is -2.16. The van der Waals surface area contributed by atoms with Crippen molar-refractivity contribution in [1.29, 1.82) is 0 Å². The van der Waals surface area contributed by atoms with Crippen LogP contribution >= 0.6 is 0 Å². The van der Waals surface area contributed by atoms with Gasteiger partial charge in [0.2, 0.25) is 0 Å². The Labute approximate surface area is 199 Å². The molecule has 34 heavy (non-hydrogen) atoms. The molecule has 1 N–H and O–H groups in total. The van der Waals surface area contributed by atoms with Gasteiger partial charge in [-0.2, -0.15) is 0 Å². The molecule has 178 valence electrons. The number of fused-ring (bicyclic) bond motifs is 2. The van der Waals surface area contributed by atoms with Gasteiger partial charge in [0.25, 0.3) is 0 Å². The first-order valence-corrected chi connectivity index (χ1v) is 11.7. The molecule has 0 saturated heterocycles. The van der Waals surface area contributed by atoms with Gasteiger partial charge in [0.05, 0.1) is 24.2 Å². The predicted octanol–water partition coefficient (Wildman–Crippen LogP) is 5.56. The SMILES string of the molecule is CCCc1c(OCCc2ncc3ccc(CC(=O)O)cc3n2)ccc2c(CC(C)(C)C)noc12. The van der Waals surface area contributed by atoms with Crippen LogP contribution in [0.5, 0.6) is 5.75 Å². The first kappa shape index (κ1) is 23.7. The van der Waals surface area contributed by atoms with E-state index in [2.05, 4.69) is 42.8 Å². The van der Waals surface area contributed by atoms with Gasteiger partial charge < -0.3 is 14.4 Å². The average molecular weight is 462 g/mol. The Morgan fingerprint density at radius 3 is 2.71 bits per heavy atom. The van der Waals surface area contributed by atoms with E-state index in [1.165, 1.54) is 0 Å². The fraction of sp³-hybridized carbons (Fsp3) is 0.407. The quantitative estimate of drug-likeness (QED) is 0.348. The molecule has 0 aliphatic rings. The monoisotopic (exact) mass is 461 g/mol. The maximum Gasteiger partial charge on any atom is 0.307 e. The number of rotatable bonds is 9. The second kappa shape index (κ2) is 9.79. The number of aliphatic carboxylic acids is 1. The van der Waals surface area contributed by atoms with Gasteiger partial charge in [-0.05, 0) is 42.0 Å². The first-order valence-electron chi connectivity index (χ1n) is 11.7. The van der Waals surface area contributed by atoms with Crippen molar-refractivity contribution < 1.29 is 19.2 Å². The van der Waals surface area contributed by atoms with Crippen LogP contribution < -0.4 is 4.74 Å². The lowest BCUT2D eigenvalue weighted by Crippen LogP contribution is -2.09. The van der Waals surface area contributed by atoms with Gasteiger partial charge in [0, 0.05) is 29.0 Å². The molecule has 0 bridgehead atoms. The molecule has 0 aliphatic carbocycles. The van der Waals surface area contributed by atoms with Gasteiger partial charge in [0.15, 0.2) is 5.58 Å². The number of carboxylic acids is 1. The molecular weight excluding hydrogens is 430 g/mol. The number of hydrogen-bond donors (Lipinski definition) is 1. The van der Waals surface area contributed by atoms with Crippen LogP contribution in [0.4, 0.5) is 0 Å². The van der Waals surface area contributed by atoms with Crippen LogP contribution in [0.2, 0.25) is 0 Å². The molecule has 7 heteroatoms. The summed E-state index contributed by atoms with van der Waals surface area (Å²) in [4.78, 5) is 20.1. The van der Waals surface area contributed by atoms with E-state index in [0.29, 0.717) is 18.9 Å². The Morgan fingerprint density at radius 1 is 1.15 bits per heavy atom. The van der Waals surface area contributed by atoms with Gasteiger partial charge >= 0.3 is 5.97 Å². The Balaban J connectivity index is 1.51. The Bertz CT molecular complexity index is 1320. The summed E-state index contributed by atoms with van der Waals surface area (Å²) in [6, 6.07) is 9.51. The van der Waals surface area contributed by atoms with Crippen LogP contribution in [-0.2, 0) is 30.5 Å². The second-order valence-electron chi connectivity index (χ2n) is 9.88. The van der Waals surface area contributed by atoms with E-state index in [1.807, 2.05) is 24.3 Å². The Morgan fingerprint density at radius 2 is 1.97 bits per heavy atom. The maximum atomic E-state index is 11.0. The van der Waals surface area contributed by atoms with Crippen molar-refractivity contribution in [2.45, 2.75) is 59.8 Å². The van der Waals surface area contributed by atoms with Gasteiger partial charge in [0.1, 0.15) is 11.6 Å². The average Bonchev–Trinajstić information content (AvgIpc) is 3.16. The molecule has 0 saturated carbocycles. The number of nitrogens with zero attached hydrogens (tertiary/aromatic N) is 3. The molecule has 7 nitrogen and oxygen atoms in total. The number of ether oxygens (including phenoxy) is 1. The molecule has 2 heterocycles. The van der Waals surface area contributed by atoms with E-state index in [4.69, 9.17) is 14.4 Å². The standard InChI is InChI=1S/C27H31N3O4/c1-5-6-20-23(10-9-19-22(15-27(2,3)4)30-34-26(19)20)33-12-11-24-28-16-18-8-7-17(14-25(31)32)13-21(18)29-24/h7-10,13,16H,5-6,11-12,14-15H2,1-4H3,(H,31,32). The molecule has 0 aliphatic heterocycles. The van der Waals surface area contributed by atoms with E-state index in [9.17, 15) is 4.79 Å². The minimum absolute atomic E-state index is 0.0276. The van der Waals surface area contributed by atoms with Crippen molar-refractivity contribution >= 4 is 27.8 Å². The molecule has 2 aromatic heterocycles. The highest BCUT2D eigenvalue weighted by Crippen LogP contribution is 2.33. The van der Waals surface area contributed by atoms with E-state index in [1.54, 1.807) is 12.3 Å². The van der Waals surface area contributed by atoms with Gasteiger partial charge in [-0.3, -0.25) is 4.79 Å². The molecule has 0 atom stereocenters. The van der Waals surface area contributed by atoms with Crippen molar-refractivity contribution in [2.24, 2.45) is 5.41 Å². The summed E-state index contributed by atoms with van der Waals surface area (Å²) in [5.41, 5.74) is 4.43. The predicted molar refractivity (Wildman–Crippen MR) is 131 cm³/mol. The number of aromatic nitrogens is 3.